The van der Waals surface area contributed by atoms with Gasteiger partial charge in [0.2, 0.25) is 0 Å². The fourth-order valence-corrected chi connectivity index (χ4v) is 2.47. The van der Waals surface area contributed by atoms with Gasteiger partial charge in [0.15, 0.2) is 0 Å². The highest BCUT2D eigenvalue weighted by Gasteiger charge is 2.24. The van der Waals surface area contributed by atoms with Gasteiger partial charge in [-0.1, -0.05) is 6.07 Å². The zero-order valence-electron chi connectivity index (χ0n) is 11.6. The Labute approximate surface area is 121 Å². The first-order chi connectivity index (χ1) is 9.43. The van der Waals surface area contributed by atoms with Crippen molar-refractivity contribution in [1.82, 2.24) is 4.90 Å². The zero-order chi connectivity index (χ0) is 15.3. The molecular formula is C12H18N4O3S. The highest BCUT2D eigenvalue weighted by molar-refractivity contribution is 7.98. The molecule has 0 bridgehead atoms. The average Bonchev–Trinajstić information content (AvgIpc) is 2.44. The quantitative estimate of drug-likeness (QED) is 0.471. The van der Waals surface area contributed by atoms with Crippen molar-refractivity contribution in [3.8, 4) is 0 Å². The molecule has 1 amide bonds. The maximum atomic E-state index is 12.4. The predicted octanol–water partition coefficient (Wildman–Crippen LogP) is 1.70. The first-order valence-electron chi connectivity index (χ1n) is 5.94. The average molecular weight is 298 g/mol. The summed E-state index contributed by atoms with van der Waals surface area (Å²) in [4.78, 5) is 24.3. The van der Waals surface area contributed by atoms with Crippen LogP contribution in [-0.2, 0) is 0 Å². The molecule has 1 atom stereocenters. The number of para-hydroxylation sites is 1. The number of nitrogens with two attached hydrogens (primary N) is 1. The Bertz CT molecular complexity index is 509. The molecule has 8 heteroatoms. The van der Waals surface area contributed by atoms with Gasteiger partial charge in [0.25, 0.3) is 11.6 Å². The molecule has 20 heavy (non-hydrogen) atoms. The molecule has 110 valence electrons. The number of hydrogen-bond donors (Lipinski definition) is 2. The van der Waals surface area contributed by atoms with Gasteiger partial charge in [-0.2, -0.15) is 11.8 Å². The Morgan fingerprint density at radius 1 is 1.60 bits per heavy atom. The molecule has 1 aromatic carbocycles. The standard InChI is InChI=1S/C12H18N4O3S/c1-8(7-20-3)15(2)12(17)9-5-4-6-10(16(18)19)11(9)14-13/h4-6,8,14H,7,13H2,1-3H3. The van der Waals surface area contributed by atoms with Crippen LogP contribution in [0.3, 0.4) is 0 Å². The number of nitro benzene ring substituents is 1. The smallest absolute Gasteiger partial charge is 0.294 e. The molecule has 1 aromatic rings. The summed E-state index contributed by atoms with van der Waals surface area (Å²) >= 11 is 1.63. The van der Waals surface area contributed by atoms with E-state index in [4.69, 9.17) is 5.84 Å². The third kappa shape index (κ3) is 3.40. The van der Waals surface area contributed by atoms with Gasteiger partial charge >= 0.3 is 0 Å². The predicted molar refractivity (Wildman–Crippen MR) is 80.8 cm³/mol. The van der Waals surface area contributed by atoms with Gasteiger partial charge < -0.3 is 10.3 Å². The molecule has 3 N–H and O–H groups in total. The number of hydrazine groups is 1. The molecule has 0 saturated carbocycles. The summed E-state index contributed by atoms with van der Waals surface area (Å²) in [7, 11) is 1.67. The number of carbonyl (C=O) groups is 1. The Morgan fingerprint density at radius 3 is 2.75 bits per heavy atom. The van der Waals surface area contributed by atoms with E-state index in [0.29, 0.717) is 0 Å². The third-order valence-corrected chi connectivity index (χ3v) is 3.82. The summed E-state index contributed by atoms with van der Waals surface area (Å²) in [6, 6.07) is 4.31. The van der Waals surface area contributed by atoms with E-state index < -0.39 is 4.92 Å². The number of thioether (sulfide) groups is 1. The first kappa shape index (κ1) is 16.3. The van der Waals surface area contributed by atoms with E-state index in [0.717, 1.165) is 5.75 Å². The van der Waals surface area contributed by atoms with E-state index >= 15 is 0 Å². The van der Waals surface area contributed by atoms with Crippen molar-refractivity contribution >= 4 is 29.0 Å². The summed E-state index contributed by atoms with van der Waals surface area (Å²) in [6.07, 6.45) is 1.95. The van der Waals surface area contributed by atoms with Crippen molar-refractivity contribution in [1.29, 1.82) is 0 Å². The summed E-state index contributed by atoms with van der Waals surface area (Å²) in [5.74, 6) is 5.81. The molecule has 0 aliphatic rings. The van der Waals surface area contributed by atoms with Gasteiger partial charge in [-0.05, 0) is 19.2 Å². The zero-order valence-corrected chi connectivity index (χ0v) is 12.4. The number of anilines is 1. The fraction of sp³-hybridized carbons (Fsp3) is 0.417. The molecule has 1 unspecified atom stereocenters. The topological polar surface area (TPSA) is 102 Å². The Hall–Kier alpha value is -1.80. The molecule has 0 fully saturated rings. The number of amides is 1. The number of benzene rings is 1. The van der Waals surface area contributed by atoms with Crippen LogP contribution in [0.15, 0.2) is 18.2 Å². The lowest BCUT2D eigenvalue weighted by atomic mass is 10.1. The number of rotatable bonds is 6. The maximum Gasteiger partial charge on any atom is 0.294 e. The van der Waals surface area contributed by atoms with Crippen molar-refractivity contribution in [3.63, 3.8) is 0 Å². The molecule has 7 nitrogen and oxygen atoms in total. The van der Waals surface area contributed by atoms with Gasteiger partial charge in [-0.25, -0.2) is 0 Å². The lowest BCUT2D eigenvalue weighted by Gasteiger charge is -2.25. The summed E-state index contributed by atoms with van der Waals surface area (Å²) in [5.41, 5.74) is 2.26. The SMILES string of the molecule is CSCC(C)N(C)C(=O)c1cccc([N+](=O)[O-])c1NN. The van der Waals surface area contributed by atoms with Gasteiger partial charge in [0.05, 0.1) is 10.5 Å². The van der Waals surface area contributed by atoms with E-state index in [-0.39, 0.29) is 28.9 Å². The molecular weight excluding hydrogens is 280 g/mol. The molecule has 0 aliphatic heterocycles. The van der Waals surface area contributed by atoms with Crippen molar-refractivity contribution in [2.24, 2.45) is 5.84 Å². The van der Waals surface area contributed by atoms with E-state index in [2.05, 4.69) is 5.43 Å². The number of nitrogen functional groups attached to an aromatic ring is 1. The Morgan fingerprint density at radius 2 is 2.25 bits per heavy atom. The van der Waals surface area contributed by atoms with Crippen molar-refractivity contribution < 1.29 is 9.72 Å². The maximum absolute atomic E-state index is 12.4. The molecule has 0 radical (unpaired) electrons. The van der Waals surface area contributed by atoms with Crippen LogP contribution in [-0.4, -0.2) is 40.8 Å². The summed E-state index contributed by atoms with van der Waals surface area (Å²) in [5, 5.41) is 10.9. The van der Waals surface area contributed by atoms with Crippen LogP contribution < -0.4 is 11.3 Å². The Balaban J connectivity index is 3.16. The molecule has 0 spiro atoms. The van der Waals surface area contributed by atoms with Gasteiger partial charge in [-0.3, -0.25) is 20.8 Å². The van der Waals surface area contributed by atoms with Crippen LogP contribution in [0.5, 0.6) is 0 Å². The minimum Gasteiger partial charge on any atom is -0.338 e. The normalized spacial score (nSPS) is 11.8. The minimum absolute atomic E-state index is 0.0161. The monoisotopic (exact) mass is 298 g/mol. The van der Waals surface area contributed by atoms with Crippen LogP contribution in [0.4, 0.5) is 11.4 Å². The van der Waals surface area contributed by atoms with Crippen LogP contribution in [0, 0.1) is 10.1 Å². The van der Waals surface area contributed by atoms with Crippen molar-refractivity contribution in [2.75, 3.05) is 24.5 Å². The second-order valence-corrected chi connectivity index (χ2v) is 5.23. The van der Waals surface area contributed by atoms with E-state index in [9.17, 15) is 14.9 Å². The lowest BCUT2D eigenvalue weighted by molar-refractivity contribution is -0.384. The summed E-state index contributed by atoms with van der Waals surface area (Å²) < 4.78 is 0. The minimum atomic E-state index is -0.572. The van der Waals surface area contributed by atoms with Crippen molar-refractivity contribution in [2.45, 2.75) is 13.0 Å². The van der Waals surface area contributed by atoms with Gasteiger partial charge in [-0.15, -0.1) is 0 Å². The number of nitrogens with one attached hydrogen (secondary N) is 1. The number of hydrogen-bond acceptors (Lipinski definition) is 6. The van der Waals surface area contributed by atoms with Gasteiger partial charge in [0, 0.05) is 24.9 Å². The van der Waals surface area contributed by atoms with E-state index in [1.807, 2.05) is 13.2 Å². The highest BCUT2D eigenvalue weighted by atomic mass is 32.2. The fourth-order valence-electron chi connectivity index (χ4n) is 1.77. The largest absolute Gasteiger partial charge is 0.338 e. The van der Waals surface area contributed by atoms with Gasteiger partial charge in [0.1, 0.15) is 5.69 Å². The van der Waals surface area contributed by atoms with E-state index in [1.165, 1.54) is 18.2 Å². The molecule has 0 heterocycles. The van der Waals surface area contributed by atoms with Crippen LogP contribution in [0.1, 0.15) is 17.3 Å². The van der Waals surface area contributed by atoms with Crippen molar-refractivity contribution in [3.05, 3.63) is 33.9 Å². The second-order valence-electron chi connectivity index (χ2n) is 4.32. The molecule has 0 aliphatic carbocycles. The Kier molecular flexibility index (Phi) is 5.78. The first-order valence-corrected chi connectivity index (χ1v) is 7.33. The molecule has 1 rings (SSSR count). The molecule has 0 aromatic heterocycles. The van der Waals surface area contributed by atoms with Crippen LogP contribution in [0.2, 0.25) is 0 Å². The lowest BCUT2D eigenvalue weighted by Crippen LogP contribution is -2.37. The van der Waals surface area contributed by atoms with E-state index in [1.54, 1.807) is 23.7 Å². The number of carbonyl (C=O) groups excluding carboxylic acids is 1. The number of nitro groups is 1. The van der Waals surface area contributed by atoms with Crippen LogP contribution >= 0.6 is 11.8 Å². The van der Waals surface area contributed by atoms with Crippen LogP contribution in [0.25, 0.3) is 0 Å². The second kappa shape index (κ2) is 7.11. The summed E-state index contributed by atoms with van der Waals surface area (Å²) in [6.45, 7) is 1.92. The molecule has 0 saturated heterocycles. The highest BCUT2D eigenvalue weighted by Crippen LogP contribution is 2.28. The number of nitrogens with zero attached hydrogens (tertiary/aromatic N) is 2. The third-order valence-electron chi connectivity index (χ3n) is 3.00.